The van der Waals surface area contributed by atoms with Crippen LogP contribution in [-0.4, -0.2) is 15.0 Å². The van der Waals surface area contributed by atoms with Gasteiger partial charge in [0.2, 0.25) is 0 Å². The van der Waals surface area contributed by atoms with Crippen molar-refractivity contribution in [1.82, 2.24) is 15.0 Å². The second-order valence-corrected chi connectivity index (χ2v) is 11.6. The molecule has 4 heteroatoms. The van der Waals surface area contributed by atoms with Gasteiger partial charge in [-0.15, -0.1) is 0 Å². The highest BCUT2D eigenvalue weighted by Gasteiger charge is 2.22. The molecule has 0 unspecified atom stereocenters. The number of nitrogens with zero attached hydrogens (tertiary/aromatic N) is 3. The van der Waals surface area contributed by atoms with E-state index in [-0.39, 0.29) is 0 Å². The molecule has 9 rings (SSSR count). The molecule has 0 radical (unpaired) electrons. The monoisotopic (exact) mass is 601 g/mol. The van der Waals surface area contributed by atoms with Crippen LogP contribution >= 0.6 is 0 Å². The molecule has 0 spiro atoms. The fourth-order valence-electron chi connectivity index (χ4n) is 6.45. The SMILES string of the molecule is c1ccc(-c2ccc(-c3nc(-c4ccc5c(c4)-c4cccc6cccc(c46)O5)nc(-c4ccccc4-c4ccccc4)n3)cc2)cc1. The number of benzene rings is 7. The molecule has 0 amide bonds. The third kappa shape index (κ3) is 4.84. The van der Waals surface area contributed by atoms with E-state index in [4.69, 9.17) is 19.7 Å². The second-order valence-electron chi connectivity index (χ2n) is 11.6. The number of hydrogen-bond acceptors (Lipinski definition) is 4. The van der Waals surface area contributed by atoms with Gasteiger partial charge in [0.05, 0.1) is 0 Å². The zero-order chi connectivity index (χ0) is 31.2. The van der Waals surface area contributed by atoms with Crippen molar-refractivity contribution in [2.45, 2.75) is 0 Å². The van der Waals surface area contributed by atoms with E-state index >= 15 is 0 Å². The topological polar surface area (TPSA) is 47.9 Å². The van der Waals surface area contributed by atoms with Gasteiger partial charge in [0.1, 0.15) is 11.5 Å². The maximum atomic E-state index is 6.39. The van der Waals surface area contributed by atoms with Crippen LogP contribution in [0.5, 0.6) is 11.5 Å². The Morgan fingerprint density at radius 1 is 0.319 bits per heavy atom. The van der Waals surface area contributed by atoms with Gasteiger partial charge in [-0.1, -0.05) is 140 Å². The van der Waals surface area contributed by atoms with Crippen LogP contribution in [-0.2, 0) is 0 Å². The van der Waals surface area contributed by atoms with Gasteiger partial charge >= 0.3 is 0 Å². The van der Waals surface area contributed by atoms with Gasteiger partial charge in [-0.05, 0) is 57.5 Å². The number of rotatable bonds is 5. The number of ether oxygens (including phenoxy) is 1. The Balaban J connectivity index is 1.22. The van der Waals surface area contributed by atoms with Crippen molar-refractivity contribution in [3.8, 4) is 79.0 Å². The van der Waals surface area contributed by atoms with Gasteiger partial charge in [0.25, 0.3) is 0 Å². The highest BCUT2D eigenvalue weighted by Crippen LogP contribution is 2.47. The fourth-order valence-corrected chi connectivity index (χ4v) is 6.45. The maximum absolute atomic E-state index is 6.39. The summed E-state index contributed by atoms with van der Waals surface area (Å²) in [4.78, 5) is 15.3. The summed E-state index contributed by atoms with van der Waals surface area (Å²) in [6.07, 6.45) is 0. The smallest absolute Gasteiger partial charge is 0.164 e. The van der Waals surface area contributed by atoms with E-state index in [2.05, 4.69) is 121 Å². The van der Waals surface area contributed by atoms with Gasteiger partial charge in [0.15, 0.2) is 17.5 Å². The molecule has 2 heterocycles. The zero-order valence-electron chi connectivity index (χ0n) is 25.3. The molecule has 1 aliphatic heterocycles. The largest absolute Gasteiger partial charge is 0.456 e. The van der Waals surface area contributed by atoms with Crippen LogP contribution in [0.15, 0.2) is 164 Å². The van der Waals surface area contributed by atoms with E-state index in [1.165, 1.54) is 5.56 Å². The molecule has 7 aromatic carbocycles. The Kier molecular flexibility index (Phi) is 6.43. The lowest BCUT2D eigenvalue weighted by molar-refractivity contribution is 0.487. The average Bonchev–Trinajstić information content (AvgIpc) is 3.15. The summed E-state index contributed by atoms with van der Waals surface area (Å²) in [6, 6.07) is 56.3. The van der Waals surface area contributed by atoms with Crippen LogP contribution in [0.3, 0.4) is 0 Å². The molecule has 1 aliphatic rings. The van der Waals surface area contributed by atoms with Gasteiger partial charge in [0, 0.05) is 27.6 Å². The summed E-state index contributed by atoms with van der Waals surface area (Å²) in [5.74, 6) is 3.54. The summed E-state index contributed by atoms with van der Waals surface area (Å²) in [6.45, 7) is 0. The van der Waals surface area contributed by atoms with Crippen molar-refractivity contribution in [1.29, 1.82) is 0 Å². The molecule has 0 fully saturated rings. The number of aromatic nitrogens is 3. The van der Waals surface area contributed by atoms with E-state index in [1.54, 1.807) is 0 Å². The van der Waals surface area contributed by atoms with Gasteiger partial charge < -0.3 is 4.74 Å². The lowest BCUT2D eigenvalue weighted by atomic mass is 9.93. The van der Waals surface area contributed by atoms with Crippen LogP contribution in [0.1, 0.15) is 0 Å². The minimum absolute atomic E-state index is 0.605. The summed E-state index contributed by atoms with van der Waals surface area (Å²) >= 11 is 0. The minimum atomic E-state index is 0.605. The first-order chi connectivity index (χ1) is 23.3. The number of hydrogen-bond donors (Lipinski definition) is 0. The van der Waals surface area contributed by atoms with E-state index in [0.717, 1.165) is 66.8 Å². The Morgan fingerprint density at radius 3 is 1.64 bits per heavy atom. The molecular weight excluding hydrogens is 574 g/mol. The van der Waals surface area contributed by atoms with E-state index < -0.39 is 0 Å². The molecule has 220 valence electrons. The fraction of sp³-hybridized carbons (Fsp3) is 0. The third-order valence-corrected chi connectivity index (χ3v) is 8.75. The first-order valence-electron chi connectivity index (χ1n) is 15.7. The second kappa shape index (κ2) is 11.2. The van der Waals surface area contributed by atoms with Crippen LogP contribution < -0.4 is 4.74 Å². The molecule has 1 aromatic heterocycles. The molecule has 0 N–H and O–H groups in total. The molecule has 0 saturated heterocycles. The predicted octanol–water partition coefficient (Wildman–Crippen LogP) is 11.1. The molecule has 0 atom stereocenters. The Morgan fingerprint density at radius 2 is 0.872 bits per heavy atom. The Labute approximate surface area is 272 Å². The van der Waals surface area contributed by atoms with Crippen molar-refractivity contribution in [2.75, 3.05) is 0 Å². The summed E-state index contributed by atoms with van der Waals surface area (Å²) in [7, 11) is 0. The number of fused-ring (bicyclic) bond motifs is 2. The first kappa shape index (κ1) is 27.0. The molecule has 8 aromatic rings. The van der Waals surface area contributed by atoms with Crippen molar-refractivity contribution < 1.29 is 4.74 Å². The molecule has 0 saturated carbocycles. The summed E-state index contributed by atoms with van der Waals surface area (Å²) in [5.41, 5.74) is 9.41. The van der Waals surface area contributed by atoms with Crippen molar-refractivity contribution in [3.05, 3.63) is 164 Å². The highest BCUT2D eigenvalue weighted by molar-refractivity contribution is 6.04. The van der Waals surface area contributed by atoms with Crippen molar-refractivity contribution in [2.24, 2.45) is 0 Å². The van der Waals surface area contributed by atoms with Crippen LogP contribution in [0, 0.1) is 0 Å². The first-order valence-corrected chi connectivity index (χ1v) is 15.7. The normalized spacial score (nSPS) is 11.6. The van der Waals surface area contributed by atoms with Crippen molar-refractivity contribution in [3.63, 3.8) is 0 Å². The van der Waals surface area contributed by atoms with Gasteiger partial charge in [-0.2, -0.15) is 0 Å². The van der Waals surface area contributed by atoms with Gasteiger partial charge in [-0.25, -0.2) is 15.0 Å². The standard InChI is InChI=1S/C43H27N3O/c1-3-11-28(12-4-1)29-21-23-32(24-22-29)41-44-42(46-43(45-41)36-18-8-7-17-34(36)30-13-5-2-6-14-30)33-25-26-38-37(27-33)35-19-9-15-31-16-10-20-39(47-38)40(31)35/h1-27H. The van der Waals surface area contributed by atoms with Crippen LogP contribution in [0.2, 0.25) is 0 Å². The molecule has 0 aliphatic carbocycles. The average molecular weight is 602 g/mol. The Hall–Kier alpha value is -6.39. The summed E-state index contributed by atoms with van der Waals surface area (Å²) in [5, 5.41) is 2.27. The quantitative estimate of drug-likeness (QED) is 0.197. The summed E-state index contributed by atoms with van der Waals surface area (Å²) < 4.78 is 6.39. The lowest BCUT2D eigenvalue weighted by Crippen LogP contribution is -2.02. The minimum Gasteiger partial charge on any atom is -0.456 e. The maximum Gasteiger partial charge on any atom is 0.164 e. The highest BCUT2D eigenvalue weighted by atomic mass is 16.5. The molecule has 4 nitrogen and oxygen atoms in total. The van der Waals surface area contributed by atoms with Gasteiger partial charge in [-0.3, -0.25) is 0 Å². The third-order valence-electron chi connectivity index (χ3n) is 8.75. The molecule has 0 bridgehead atoms. The van der Waals surface area contributed by atoms with E-state index in [9.17, 15) is 0 Å². The van der Waals surface area contributed by atoms with Crippen LogP contribution in [0.25, 0.3) is 78.3 Å². The van der Waals surface area contributed by atoms with E-state index in [0.29, 0.717) is 17.5 Å². The van der Waals surface area contributed by atoms with Crippen molar-refractivity contribution >= 4 is 10.8 Å². The van der Waals surface area contributed by atoms with Crippen LogP contribution in [0.4, 0.5) is 0 Å². The predicted molar refractivity (Wildman–Crippen MR) is 190 cm³/mol. The lowest BCUT2D eigenvalue weighted by Gasteiger charge is -2.21. The Bertz CT molecular complexity index is 2420. The molecule has 47 heavy (non-hydrogen) atoms. The van der Waals surface area contributed by atoms with E-state index in [1.807, 2.05) is 42.5 Å². The molecular formula is C43H27N3O. The zero-order valence-corrected chi connectivity index (χ0v) is 25.3.